The Balaban J connectivity index is 1.55. The van der Waals surface area contributed by atoms with E-state index in [1.807, 2.05) is 24.3 Å². The Morgan fingerprint density at radius 1 is 1.21 bits per heavy atom. The lowest BCUT2D eigenvalue weighted by atomic mass is 10.2. The maximum absolute atomic E-state index is 12.3. The van der Waals surface area contributed by atoms with Gasteiger partial charge in [0, 0.05) is 21.2 Å². The van der Waals surface area contributed by atoms with Crippen molar-refractivity contribution in [2.24, 2.45) is 11.5 Å². The molecule has 1 amide bonds. The summed E-state index contributed by atoms with van der Waals surface area (Å²) in [7, 11) is 0. The third kappa shape index (κ3) is 3.82. The second-order valence-electron chi connectivity index (χ2n) is 5.15. The highest BCUT2D eigenvalue weighted by Crippen LogP contribution is 2.37. The summed E-state index contributed by atoms with van der Waals surface area (Å²) < 4.78 is 5.43. The number of anilines is 1. The molecule has 6 N–H and O–H groups in total. The third-order valence-electron chi connectivity index (χ3n) is 3.45. The fraction of sp³-hybridized carbons (Fsp3) is 0.188. The van der Waals surface area contributed by atoms with Gasteiger partial charge in [-0.2, -0.15) is 0 Å². The molecule has 2 aromatic carbocycles. The van der Waals surface area contributed by atoms with Gasteiger partial charge in [-0.3, -0.25) is 10.5 Å². The molecule has 0 fully saturated rings. The van der Waals surface area contributed by atoms with Crippen molar-refractivity contribution in [1.29, 1.82) is 0 Å². The highest BCUT2D eigenvalue weighted by molar-refractivity contribution is 8.01. The molecule has 1 heterocycles. The van der Waals surface area contributed by atoms with E-state index < -0.39 is 18.0 Å². The standard InChI is InChI=1S/C16H17ClN4O2S/c17-10-6-2-1-5-9(10)13(18)23-16(19)21-14(22)15-20-11-7-3-4-8-12(11)24-15/h1-8,13,15-16,20H,18-19H2,(H,21,22). The lowest BCUT2D eigenvalue weighted by Gasteiger charge is -2.22. The minimum Gasteiger partial charge on any atom is -0.364 e. The average Bonchev–Trinajstić information content (AvgIpc) is 2.99. The number of nitrogens with two attached hydrogens (primary N) is 2. The van der Waals surface area contributed by atoms with E-state index in [2.05, 4.69) is 10.6 Å². The number of para-hydroxylation sites is 1. The molecule has 0 spiro atoms. The largest absolute Gasteiger partial charge is 0.364 e. The van der Waals surface area contributed by atoms with Crippen molar-refractivity contribution >= 4 is 35.0 Å². The molecule has 0 saturated carbocycles. The lowest BCUT2D eigenvalue weighted by molar-refractivity contribution is -0.126. The molecular formula is C16H17ClN4O2S. The number of amides is 1. The van der Waals surface area contributed by atoms with Gasteiger partial charge < -0.3 is 21.1 Å². The fourth-order valence-electron chi connectivity index (χ4n) is 2.29. The van der Waals surface area contributed by atoms with E-state index in [0.29, 0.717) is 10.6 Å². The zero-order valence-electron chi connectivity index (χ0n) is 12.6. The Kier molecular flexibility index (Phi) is 5.27. The maximum Gasteiger partial charge on any atom is 0.256 e. The number of carbonyl (C=O) groups excluding carboxylic acids is 1. The van der Waals surface area contributed by atoms with Crippen LogP contribution in [0.2, 0.25) is 5.02 Å². The van der Waals surface area contributed by atoms with Gasteiger partial charge in [0.1, 0.15) is 6.23 Å². The Morgan fingerprint density at radius 3 is 2.67 bits per heavy atom. The number of rotatable bonds is 5. The number of nitrogens with one attached hydrogen (secondary N) is 2. The van der Waals surface area contributed by atoms with Gasteiger partial charge in [-0.15, -0.1) is 0 Å². The smallest absolute Gasteiger partial charge is 0.256 e. The van der Waals surface area contributed by atoms with Crippen molar-refractivity contribution in [2.45, 2.75) is 22.8 Å². The molecule has 0 aromatic heterocycles. The van der Waals surface area contributed by atoms with E-state index in [1.54, 1.807) is 24.3 Å². The van der Waals surface area contributed by atoms with Gasteiger partial charge in [-0.05, 0) is 18.2 Å². The normalized spacial score (nSPS) is 18.4. The van der Waals surface area contributed by atoms with Crippen LogP contribution in [0.25, 0.3) is 0 Å². The molecule has 0 saturated heterocycles. The summed E-state index contributed by atoms with van der Waals surface area (Å²) in [6.45, 7) is 0. The first-order chi connectivity index (χ1) is 11.5. The predicted molar refractivity (Wildman–Crippen MR) is 95.3 cm³/mol. The molecule has 3 rings (SSSR count). The van der Waals surface area contributed by atoms with Crippen LogP contribution in [0.15, 0.2) is 53.4 Å². The highest BCUT2D eigenvalue weighted by Gasteiger charge is 2.28. The summed E-state index contributed by atoms with van der Waals surface area (Å²) in [5, 5.41) is 5.72. The van der Waals surface area contributed by atoms with Crippen molar-refractivity contribution in [3.8, 4) is 0 Å². The number of carbonyl (C=O) groups is 1. The van der Waals surface area contributed by atoms with Crippen LogP contribution in [0.1, 0.15) is 11.8 Å². The molecule has 24 heavy (non-hydrogen) atoms. The van der Waals surface area contributed by atoms with Crippen molar-refractivity contribution in [3.63, 3.8) is 0 Å². The number of benzene rings is 2. The molecule has 8 heteroatoms. The van der Waals surface area contributed by atoms with Gasteiger partial charge >= 0.3 is 0 Å². The highest BCUT2D eigenvalue weighted by atomic mass is 35.5. The van der Waals surface area contributed by atoms with E-state index in [9.17, 15) is 4.79 Å². The van der Waals surface area contributed by atoms with Crippen LogP contribution in [-0.4, -0.2) is 17.6 Å². The molecule has 1 aliphatic heterocycles. The first kappa shape index (κ1) is 17.1. The predicted octanol–water partition coefficient (Wildman–Crippen LogP) is 2.22. The molecule has 3 atom stereocenters. The summed E-state index contributed by atoms with van der Waals surface area (Å²) >= 11 is 7.48. The Morgan fingerprint density at radius 2 is 1.92 bits per heavy atom. The topological polar surface area (TPSA) is 102 Å². The second kappa shape index (κ2) is 7.42. The SMILES string of the molecule is NC(NC(=O)C1Nc2ccccc2S1)OC(N)c1ccccc1Cl. The first-order valence-electron chi connectivity index (χ1n) is 7.28. The zero-order chi connectivity index (χ0) is 17.1. The fourth-order valence-corrected chi connectivity index (χ4v) is 3.56. The minimum atomic E-state index is -1.05. The Hall–Kier alpha value is -1.77. The van der Waals surface area contributed by atoms with Gasteiger partial charge in [-0.25, -0.2) is 0 Å². The molecule has 0 aliphatic carbocycles. The van der Waals surface area contributed by atoms with Gasteiger partial charge in [0.05, 0.1) is 0 Å². The van der Waals surface area contributed by atoms with Crippen LogP contribution in [0, 0.1) is 0 Å². The van der Waals surface area contributed by atoms with Gasteiger partial charge in [-0.1, -0.05) is 53.7 Å². The average molecular weight is 365 g/mol. The summed E-state index contributed by atoms with van der Waals surface area (Å²) in [5.74, 6) is -0.282. The summed E-state index contributed by atoms with van der Waals surface area (Å²) in [4.78, 5) is 13.3. The van der Waals surface area contributed by atoms with E-state index >= 15 is 0 Å². The van der Waals surface area contributed by atoms with Crippen LogP contribution < -0.4 is 22.1 Å². The van der Waals surface area contributed by atoms with Gasteiger partial charge in [0.25, 0.3) is 5.91 Å². The van der Waals surface area contributed by atoms with E-state index in [4.69, 9.17) is 27.8 Å². The van der Waals surface area contributed by atoms with Crippen LogP contribution in [0.4, 0.5) is 5.69 Å². The zero-order valence-corrected chi connectivity index (χ0v) is 14.2. The van der Waals surface area contributed by atoms with Gasteiger partial charge in [0.15, 0.2) is 11.7 Å². The maximum atomic E-state index is 12.3. The molecule has 2 aromatic rings. The number of hydrogen-bond donors (Lipinski definition) is 4. The van der Waals surface area contributed by atoms with Crippen LogP contribution >= 0.6 is 23.4 Å². The number of halogens is 1. The Labute approximate surface area is 148 Å². The second-order valence-corrected chi connectivity index (χ2v) is 6.70. The first-order valence-corrected chi connectivity index (χ1v) is 8.54. The van der Waals surface area contributed by atoms with Crippen molar-refractivity contribution < 1.29 is 9.53 Å². The van der Waals surface area contributed by atoms with Crippen molar-refractivity contribution in [1.82, 2.24) is 5.32 Å². The number of fused-ring (bicyclic) bond motifs is 1. The van der Waals surface area contributed by atoms with E-state index in [0.717, 1.165) is 10.6 Å². The van der Waals surface area contributed by atoms with Gasteiger partial charge in [0.2, 0.25) is 0 Å². The van der Waals surface area contributed by atoms with Crippen molar-refractivity contribution in [3.05, 3.63) is 59.1 Å². The third-order valence-corrected chi connectivity index (χ3v) is 4.97. The monoisotopic (exact) mass is 364 g/mol. The van der Waals surface area contributed by atoms with Crippen molar-refractivity contribution in [2.75, 3.05) is 5.32 Å². The molecule has 126 valence electrons. The number of ether oxygens (including phenoxy) is 1. The van der Waals surface area contributed by atoms with Crippen LogP contribution in [-0.2, 0) is 9.53 Å². The Bertz CT molecular complexity index is 721. The molecule has 6 nitrogen and oxygen atoms in total. The quantitative estimate of drug-likeness (QED) is 0.607. The van der Waals surface area contributed by atoms with E-state index in [-0.39, 0.29) is 5.91 Å². The van der Waals surface area contributed by atoms with Crippen LogP contribution in [0.5, 0.6) is 0 Å². The van der Waals surface area contributed by atoms with Crippen LogP contribution in [0.3, 0.4) is 0 Å². The summed E-state index contributed by atoms with van der Waals surface area (Å²) in [6, 6.07) is 14.7. The number of thioether (sulfide) groups is 1. The summed E-state index contributed by atoms with van der Waals surface area (Å²) in [5.41, 5.74) is 13.3. The number of hydrogen-bond acceptors (Lipinski definition) is 6. The minimum absolute atomic E-state index is 0.282. The summed E-state index contributed by atoms with van der Waals surface area (Å²) in [6.07, 6.45) is -1.88. The lowest BCUT2D eigenvalue weighted by Crippen LogP contribution is -2.49. The molecule has 3 unspecified atom stereocenters. The molecular weight excluding hydrogens is 348 g/mol. The molecule has 0 bridgehead atoms. The molecule has 0 radical (unpaired) electrons. The molecule has 1 aliphatic rings. The van der Waals surface area contributed by atoms with E-state index in [1.165, 1.54) is 11.8 Å².